The molecule has 1 aliphatic carbocycles. The Hall–Kier alpha value is -7.68. The van der Waals surface area contributed by atoms with Gasteiger partial charge in [0.1, 0.15) is 11.5 Å². The van der Waals surface area contributed by atoms with Crippen molar-refractivity contribution in [2.24, 2.45) is 0 Å². The normalized spacial score (nSPS) is 17.1. The van der Waals surface area contributed by atoms with Gasteiger partial charge in [0.15, 0.2) is 0 Å². The van der Waals surface area contributed by atoms with Gasteiger partial charge in [-0.15, -0.1) is 0 Å². The molecule has 0 spiro atoms. The fraction of sp³-hybridized carbons (Fsp3) is 0.0667. The molecule has 0 saturated heterocycles. The molecule has 0 aromatic heterocycles. The van der Waals surface area contributed by atoms with Gasteiger partial charge in [-0.05, 0) is 105 Å². The molecule has 0 fully saturated rings. The Morgan fingerprint density at radius 1 is 0.387 bits per heavy atom. The van der Waals surface area contributed by atoms with Crippen LogP contribution in [0.15, 0.2) is 224 Å². The van der Waals surface area contributed by atoms with Crippen LogP contribution in [-0.4, -0.2) is 0 Å². The Morgan fingerprint density at radius 3 is 1.66 bits per heavy atom. The average molecular weight is 794 g/mol. The third-order valence-corrected chi connectivity index (χ3v) is 13.9. The first-order valence-electron chi connectivity index (χ1n) is 21.6. The van der Waals surface area contributed by atoms with Gasteiger partial charge in [0.05, 0.1) is 5.69 Å². The maximum Gasteiger partial charge on any atom is 0.140 e. The predicted molar refractivity (Wildman–Crippen MR) is 258 cm³/mol. The third kappa shape index (κ3) is 5.29. The number of para-hydroxylation sites is 1. The monoisotopic (exact) mass is 793 g/mol. The molecule has 1 aliphatic heterocycles. The number of anilines is 3. The second-order valence-corrected chi connectivity index (χ2v) is 17.1. The van der Waals surface area contributed by atoms with Crippen molar-refractivity contribution in [3.8, 4) is 33.8 Å². The SMILES string of the molecule is CC1(c2ccccc2)c2ccccc2Oc2c1ccc1c2-c2ccc(N(c3ccc(-c4ccccc4)cc3)c3cc4ccccc4c4ccccc34)cc2C1(C)c1ccccc1. The highest BCUT2D eigenvalue weighted by Crippen LogP contribution is 2.62. The molecule has 2 atom stereocenters. The number of benzene rings is 10. The number of rotatable bonds is 6. The Bertz CT molecular complexity index is 3340. The van der Waals surface area contributed by atoms with E-state index in [0.717, 1.165) is 28.6 Å². The van der Waals surface area contributed by atoms with Crippen LogP contribution in [0.4, 0.5) is 17.1 Å². The summed E-state index contributed by atoms with van der Waals surface area (Å²) < 4.78 is 7.17. The van der Waals surface area contributed by atoms with Crippen molar-refractivity contribution in [1.82, 2.24) is 0 Å². The topological polar surface area (TPSA) is 12.5 Å². The molecule has 0 amide bonds. The fourth-order valence-electron chi connectivity index (χ4n) is 10.7. The molecule has 2 aliphatic rings. The molecule has 0 bridgehead atoms. The lowest BCUT2D eigenvalue weighted by atomic mass is 9.68. The van der Waals surface area contributed by atoms with E-state index in [9.17, 15) is 0 Å². The summed E-state index contributed by atoms with van der Waals surface area (Å²) in [5.74, 6) is 1.84. The molecule has 0 N–H and O–H groups in total. The van der Waals surface area contributed by atoms with Gasteiger partial charge in [0.2, 0.25) is 0 Å². The summed E-state index contributed by atoms with van der Waals surface area (Å²) in [6.07, 6.45) is 0. The van der Waals surface area contributed by atoms with Crippen molar-refractivity contribution >= 4 is 38.6 Å². The minimum atomic E-state index is -0.477. The Kier molecular flexibility index (Phi) is 8.14. The second-order valence-electron chi connectivity index (χ2n) is 17.1. The molecular formula is C60H43NO. The lowest BCUT2D eigenvalue weighted by Gasteiger charge is -2.39. The van der Waals surface area contributed by atoms with Crippen molar-refractivity contribution < 1.29 is 4.74 Å². The lowest BCUT2D eigenvalue weighted by molar-refractivity contribution is 0.428. The van der Waals surface area contributed by atoms with Gasteiger partial charge in [-0.2, -0.15) is 0 Å². The first kappa shape index (κ1) is 36.2. The van der Waals surface area contributed by atoms with Crippen molar-refractivity contribution in [1.29, 1.82) is 0 Å². The van der Waals surface area contributed by atoms with Crippen LogP contribution in [0.1, 0.15) is 47.2 Å². The van der Waals surface area contributed by atoms with E-state index in [1.807, 2.05) is 0 Å². The van der Waals surface area contributed by atoms with Gasteiger partial charge in [-0.25, -0.2) is 0 Å². The van der Waals surface area contributed by atoms with Crippen molar-refractivity contribution in [2.75, 3.05) is 4.90 Å². The van der Waals surface area contributed by atoms with Crippen LogP contribution >= 0.6 is 0 Å². The molecule has 2 unspecified atom stereocenters. The number of nitrogens with zero attached hydrogens (tertiary/aromatic N) is 1. The van der Waals surface area contributed by atoms with Crippen LogP contribution in [0.5, 0.6) is 11.5 Å². The van der Waals surface area contributed by atoms with Crippen LogP contribution in [-0.2, 0) is 10.8 Å². The summed E-state index contributed by atoms with van der Waals surface area (Å²) in [4.78, 5) is 2.47. The van der Waals surface area contributed by atoms with E-state index in [-0.39, 0.29) is 0 Å². The van der Waals surface area contributed by atoms with Gasteiger partial charge in [0.25, 0.3) is 0 Å². The molecule has 12 rings (SSSR count). The van der Waals surface area contributed by atoms with E-state index in [1.165, 1.54) is 77.2 Å². The van der Waals surface area contributed by atoms with Gasteiger partial charge in [0, 0.05) is 44.3 Å². The third-order valence-electron chi connectivity index (χ3n) is 13.9. The number of hydrogen-bond donors (Lipinski definition) is 0. The van der Waals surface area contributed by atoms with Crippen LogP contribution in [0.3, 0.4) is 0 Å². The second kappa shape index (κ2) is 13.9. The van der Waals surface area contributed by atoms with Crippen molar-refractivity contribution in [3.63, 3.8) is 0 Å². The molecule has 294 valence electrons. The molecule has 62 heavy (non-hydrogen) atoms. The summed E-state index contributed by atoms with van der Waals surface area (Å²) in [6, 6.07) is 82.0. The molecule has 10 aromatic carbocycles. The molecule has 10 aromatic rings. The molecular weight excluding hydrogens is 751 g/mol. The predicted octanol–water partition coefficient (Wildman–Crippen LogP) is 15.9. The molecule has 2 heteroatoms. The van der Waals surface area contributed by atoms with Crippen molar-refractivity contribution in [3.05, 3.63) is 258 Å². The minimum Gasteiger partial charge on any atom is -0.456 e. The van der Waals surface area contributed by atoms with Crippen LogP contribution in [0, 0.1) is 0 Å². The van der Waals surface area contributed by atoms with E-state index >= 15 is 0 Å². The highest BCUT2D eigenvalue weighted by molar-refractivity contribution is 6.14. The Morgan fingerprint density at radius 2 is 0.935 bits per heavy atom. The minimum absolute atomic E-state index is 0.424. The zero-order chi connectivity index (χ0) is 41.4. The highest BCUT2D eigenvalue weighted by atomic mass is 16.5. The van der Waals surface area contributed by atoms with Crippen molar-refractivity contribution in [2.45, 2.75) is 24.7 Å². The van der Waals surface area contributed by atoms with Crippen LogP contribution in [0.2, 0.25) is 0 Å². The largest absolute Gasteiger partial charge is 0.456 e. The Labute approximate surface area is 363 Å². The lowest BCUT2D eigenvalue weighted by Crippen LogP contribution is -2.30. The average Bonchev–Trinajstić information content (AvgIpc) is 3.61. The van der Waals surface area contributed by atoms with Gasteiger partial charge in [-0.1, -0.05) is 188 Å². The zero-order valence-electron chi connectivity index (χ0n) is 34.7. The smallest absolute Gasteiger partial charge is 0.140 e. The number of ether oxygens (including phenoxy) is 1. The molecule has 0 saturated carbocycles. The van der Waals surface area contributed by atoms with Gasteiger partial charge in [-0.3, -0.25) is 0 Å². The van der Waals surface area contributed by atoms with E-state index in [1.54, 1.807) is 0 Å². The molecule has 1 heterocycles. The van der Waals surface area contributed by atoms with E-state index < -0.39 is 10.8 Å². The molecule has 2 nitrogen and oxygen atoms in total. The summed E-state index contributed by atoms with van der Waals surface area (Å²) in [5, 5.41) is 4.90. The zero-order valence-corrected chi connectivity index (χ0v) is 34.7. The summed E-state index contributed by atoms with van der Waals surface area (Å²) in [5.41, 5.74) is 14.5. The summed E-state index contributed by atoms with van der Waals surface area (Å²) >= 11 is 0. The van der Waals surface area contributed by atoms with Crippen LogP contribution < -0.4 is 9.64 Å². The summed E-state index contributed by atoms with van der Waals surface area (Å²) in [7, 11) is 0. The first-order chi connectivity index (χ1) is 30.5. The molecule has 0 radical (unpaired) electrons. The fourth-order valence-corrected chi connectivity index (χ4v) is 10.7. The standard InChI is InChI=1S/C60H43NO/c1-59(43-21-8-4-9-22-43)51-28-16-17-29-56(51)62-58-53(59)37-36-52-57(58)50-35-34-46(39-54(50)60(52,2)44-23-10-5-11-24-44)61(45-32-30-41(31-33-45)40-18-6-3-7-19-40)55-38-42-20-12-13-25-47(42)48-26-14-15-27-49(48)55/h3-39H,1-2H3. The van der Waals surface area contributed by atoms with E-state index in [0.29, 0.717) is 0 Å². The van der Waals surface area contributed by atoms with Gasteiger partial charge < -0.3 is 9.64 Å². The quantitative estimate of drug-likeness (QED) is 0.156. The summed E-state index contributed by atoms with van der Waals surface area (Å²) in [6.45, 7) is 4.76. The number of hydrogen-bond acceptors (Lipinski definition) is 2. The Balaban J connectivity index is 1.12. The maximum absolute atomic E-state index is 7.17. The van der Waals surface area contributed by atoms with Gasteiger partial charge >= 0.3 is 0 Å². The first-order valence-corrected chi connectivity index (χ1v) is 21.6. The van der Waals surface area contributed by atoms with E-state index in [2.05, 4.69) is 243 Å². The van der Waals surface area contributed by atoms with E-state index in [4.69, 9.17) is 4.74 Å². The maximum atomic E-state index is 7.17. The van der Waals surface area contributed by atoms with Crippen LogP contribution in [0.25, 0.3) is 43.8 Å². The number of fused-ring (bicyclic) bond motifs is 9. The highest BCUT2D eigenvalue weighted by Gasteiger charge is 2.47.